The van der Waals surface area contributed by atoms with Crippen LogP contribution < -0.4 is 4.90 Å². The average Bonchev–Trinajstić information content (AvgIpc) is 3.46. The van der Waals surface area contributed by atoms with Gasteiger partial charge < -0.3 is 14.4 Å². The topological polar surface area (TPSA) is 68.7 Å². The van der Waals surface area contributed by atoms with Gasteiger partial charge in [-0.05, 0) is 71.1 Å². The Bertz CT molecular complexity index is 1530. The molecule has 220 valence electrons. The quantitative estimate of drug-likeness (QED) is 0.127. The number of hydrogen-bond acceptors (Lipinski definition) is 6. The molecule has 4 aromatic rings. The van der Waals surface area contributed by atoms with Crippen molar-refractivity contribution in [3.63, 3.8) is 0 Å². The zero-order valence-corrected chi connectivity index (χ0v) is 25.7. The number of benzene rings is 2. The number of methoxy groups -OCH3 is 1. The monoisotopic (exact) mass is 608 g/mol. The Labute approximate surface area is 255 Å². The number of nitrogens with zero attached hydrogens (tertiary/aromatic N) is 2. The number of rotatable bonds is 11. The van der Waals surface area contributed by atoms with Gasteiger partial charge in [-0.2, -0.15) is 0 Å². The summed E-state index contributed by atoms with van der Waals surface area (Å²) in [6.45, 7) is 7.18. The van der Waals surface area contributed by atoms with Gasteiger partial charge in [-0.25, -0.2) is 4.39 Å². The summed E-state index contributed by atoms with van der Waals surface area (Å²) < 4.78 is 23.8. The van der Waals surface area contributed by atoms with Crippen LogP contribution in [0.4, 0.5) is 10.1 Å². The lowest BCUT2D eigenvalue weighted by molar-refractivity contribution is -0.143. The summed E-state index contributed by atoms with van der Waals surface area (Å²) in [5, 5.41) is 2.51. The van der Waals surface area contributed by atoms with Crippen LogP contribution in [0.15, 0.2) is 72.2 Å². The predicted molar refractivity (Wildman–Crippen MR) is 167 cm³/mol. The number of thiophene rings is 1. The van der Waals surface area contributed by atoms with Crippen molar-refractivity contribution in [2.75, 3.05) is 31.8 Å². The van der Waals surface area contributed by atoms with Crippen LogP contribution in [0, 0.1) is 5.82 Å². The Kier molecular flexibility index (Phi) is 10.5. The van der Waals surface area contributed by atoms with Crippen molar-refractivity contribution in [1.29, 1.82) is 0 Å². The second-order valence-electron chi connectivity index (χ2n) is 10.8. The van der Waals surface area contributed by atoms with Gasteiger partial charge >= 0.3 is 5.97 Å². The number of aromatic nitrogens is 1. The number of amides is 1. The number of ether oxygens (including phenoxy) is 2. The van der Waals surface area contributed by atoms with E-state index in [0.717, 1.165) is 27.3 Å². The van der Waals surface area contributed by atoms with Crippen molar-refractivity contribution >= 4 is 40.5 Å². The van der Waals surface area contributed by atoms with Gasteiger partial charge in [-0.3, -0.25) is 14.6 Å². The van der Waals surface area contributed by atoms with Crippen LogP contribution in [-0.4, -0.2) is 43.7 Å². The molecule has 2 aromatic heterocycles. The Morgan fingerprint density at radius 3 is 2.45 bits per heavy atom. The molecule has 42 heavy (non-hydrogen) atoms. The van der Waals surface area contributed by atoms with Crippen LogP contribution >= 0.6 is 22.9 Å². The highest BCUT2D eigenvalue weighted by atomic mass is 35.5. The lowest BCUT2D eigenvalue weighted by Gasteiger charge is -2.23. The first-order valence-electron chi connectivity index (χ1n) is 13.6. The molecule has 4 rings (SSSR count). The highest BCUT2D eigenvalue weighted by Gasteiger charge is 2.21. The fraction of sp³-hybridized carbons (Fsp3) is 0.303. The van der Waals surface area contributed by atoms with Gasteiger partial charge in [-0.1, -0.05) is 38.4 Å². The molecule has 2 heterocycles. The Morgan fingerprint density at radius 2 is 1.76 bits per heavy atom. The molecule has 0 bridgehead atoms. The van der Waals surface area contributed by atoms with E-state index in [1.54, 1.807) is 30.6 Å². The van der Waals surface area contributed by atoms with Crippen LogP contribution in [0.1, 0.15) is 49.7 Å². The van der Waals surface area contributed by atoms with E-state index in [9.17, 15) is 14.0 Å². The van der Waals surface area contributed by atoms with Crippen molar-refractivity contribution in [3.8, 4) is 21.6 Å². The first kappa shape index (κ1) is 31.3. The third-order valence-electron chi connectivity index (χ3n) is 6.62. The van der Waals surface area contributed by atoms with Crippen molar-refractivity contribution in [3.05, 3.63) is 94.3 Å². The van der Waals surface area contributed by atoms with Gasteiger partial charge in [-0.15, -0.1) is 11.3 Å². The van der Waals surface area contributed by atoms with Crippen molar-refractivity contribution in [1.82, 2.24) is 4.98 Å². The predicted octanol–water partition coefficient (Wildman–Crippen LogP) is 8.18. The second kappa shape index (κ2) is 14.1. The van der Waals surface area contributed by atoms with Crippen molar-refractivity contribution in [2.24, 2.45) is 0 Å². The third-order valence-corrected chi connectivity index (χ3v) is 7.90. The average molecular weight is 609 g/mol. The van der Waals surface area contributed by atoms with Crippen LogP contribution in [-0.2, 0) is 19.7 Å². The molecular formula is C33H34ClFN2O4S. The summed E-state index contributed by atoms with van der Waals surface area (Å²) in [7, 11) is 1.58. The number of pyridine rings is 1. The van der Waals surface area contributed by atoms with Crippen molar-refractivity contribution in [2.45, 2.75) is 39.0 Å². The molecule has 0 saturated heterocycles. The second-order valence-corrected chi connectivity index (χ2v) is 12.1. The van der Waals surface area contributed by atoms with Gasteiger partial charge in [0, 0.05) is 65.7 Å². The standard InChI is InChI=1S/C33H34ClFN2O4S/c1-33(2,3)30-20-22(12-14-36-30)24-19-29(42-21-24)27-11-6-23(18-28(27)34)32(39)37(26-9-7-25(35)8-10-26)15-13-31(38)41-17-5-16-40-4/h6-12,14,18-21H,5,13,15-17H2,1-4H3. The van der Waals surface area contributed by atoms with Gasteiger partial charge in [0.05, 0.1) is 18.1 Å². The molecule has 0 unspecified atom stereocenters. The summed E-state index contributed by atoms with van der Waals surface area (Å²) in [6.07, 6.45) is 2.39. The van der Waals surface area contributed by atoms with Crippen molar-refractivity contribution < 1.29 is 23.5 Å². The minimum atomic E-state index is -0.434. The molecular weight excluding hydrogens is 575 g/mol. The number of esters is 1. The maximum absolute atomic E-state index is 13.6. The van der Waals surface area contributed by atoms with Crippen LogP contribution in [0.3, 0.4) is 0 Å². The molecule has 1 amide bonds. The van der Waals surface area contributed by atoms with Crippen LogP contribution in [0.25, 0.3) is 21.6 Å². The smallest absolute Gasteiger partial charge is 0.307 e. The fourth-order valence-electron chi connectivity index (χ4n) is 4.29. The normalized spacial score (nSPS) is 11.4. The number of carbonyl (C=O) groups excluding carboxylic acids is 2. The van der Waals surface area contributed by atoms with Gasteiger partial charge in [0.1, 0.15) is 5.82 Å². The SMILES string of the molecule is COCCCOC(=O)CCN(C(=O)c1ccc(-c2cc(-c3ccnc(C(C)(C)C)c3)cs2)c(Cl)c1)c1ccc(F)cc1. The molecule has 0 radical (unpaired) electrons. The molecule has 0 aliphatic heterocycles. The molecule has 0 atom stereocenters. The first-order chi connectivity index (χ1) is 20.1. The van der Waals surface area contributed by atoms with Gasteiger partial charge in [0.2, 0.25) is 0 Å². The fourth-order valence-corrected chi connectivity index (χ4v) is 5.58. The van der Waals surface area contributed by atoms with E-state index in [1.165, 1.54) is 29.2 Å². The largest absolute Gasteiger partial charge is 0.466 e. The summed E-state index contributed by atoms with van der Waals surface area (Å²) in [6, 6.07) is 16.9. The zero-order chi connectivity index (χ0) is 30.3. The van der Waals surface area contributed by atoms with E-state index in [-0.39, 0.29) is 30.9 Å². The first-order valence-corrected chi connectivity index (χ1v) is 14.9. The lowest BCUT2D eigenvalue weighted by atomic mass is 9.90. The molecule has 9 heteroatoms. The highest BCUT2D eigenvalue weighted by molar-refractivity contribution is 7.14. The maximum Gasteiger partial charge on any atom is 0.307 e. The number of halogens is 2. The molecule has 0 saturated carbocycles. The summed E-state index contributed by atoms with van der Waals surface area (Å²) >= 11 is 8.29. The van der Waals surface area contributed by atoms with E-state index in [4.69, 9.17) is 21.1 Å². The molecule has 0 spiro atoms. The Balaban J connectivity index is 1.54. The lowest BCUT2D eigenvalue weighted by Crippen LogP contribution is -2.33. The van der Waals surface area contributed by atoms with Gasteiger partial charge in [0.15, 0.2) is 0 Å². The van der Waals surface area contributed by atoms with E-state index in [0.29, 0.717) is 29.3 Å². The third kappa shape index (κ3) is 8.03. The molecule has 2 aromatic carbocycles. The highest BCUT2D eigenvalue weighted by Crippen LogP contribution is 2.37. The summed E-state index contributed by atoms with van der Waals surface area (Å²) in [4.78, 5) is 32.9. The van der Waals surface area contributed by atoms with E-state index in [2.05, 4.69) is 43.3 Å². The van der Waals surface area contributed by atoms with E-state index >= 15 is 0 Å². The minimum Gasteiger partial charge on any atom is -0.466 e. The Hall–Kier alpha value is -3.59. The number of carbonyl (C=O) groups is 2. The minimum absolute atomic E-state index is 0.0220. The Morgan fingerprint density at radius 1 is 1.00 bits per heavy atom. The number of anilines is 1. The van der Waals surface area contributed by atoms with E-state index in [1.807, 2.05) is 18.3 Å². The molecule has 0 N–H and O–H groups in total. The summed E-state index contributed by atoms with van der Waals surface area (Å²) in [5.74, 6) is -1.22. The number of hydrogen-bond donors (Lipinski definition) is 0. The molecule has 0 aliphatic rings. The van der Waals surface area contributed by atoms with Crippen LogP contribution in [0.5, 0.6) is 0 Å². The molecule has 0 fully saturated rings. The molecule has 0 aliphatic carbocycles. The zero-order valence-electron chi connectivity index (χ0n) is 24.2. The maximum atomic E-state index is 13.6. The van der Waals surface area contributed by atoms with Gasteiger partial charge in [0.25, 0.3) is 5.91 Å². The molecule has 6 nitrogen and oxygen atoms in total. The summed E-state index contributed by atoms with van der Waals surface area (Å²) in [5.41, 5.74) is 4.71. The van der Waals surface area contributed by atoms with Crippen LogP contribution in [0.2, 0.25) is 5.02 Å². The van der Waals surface area contributed by atoms with E-state index < -0.39 is 11.8 Å².